The monoisotopic (exact) mass is 315 g/mol. The quantitative estimate of drug-likeness (QED) is 0.547. The molecular weight excluding hydrogens is 298 g/mol. The molecule has 20 heavy (non-hydrogen) atoms. The van der Waals surface area contributed by atoms with Crippen LogP contribution in [-0.2, 0) is 14.3 Å². The first kappa shape index (κ1) is 16.7. The molecule has 1 atom stereocenters. The summed E-state index contributed by atoms with van der Waals surface area (Å²) in [5, 5.41) is 8.59. The van der Waals surface area contributed by atoms with E-state index < -0.39 is 5.97 Å². The van der Waals surface area contributed by atoms with E-state index in [1.54, 1.807) is 19.4 Å². The zero-order valence-electron chi connectivity index (χ0n) is 11.2. The predicted octanol–water partition coefficient (Wildman–Crippen LogP) is 2.19. The fourth-order valence-corrected chi connectivity index (χ4v) is 2.55. The smallest absolute Gasteiger partial charge is 0.303 e. The van der Waals surface area contributed by atoms with Crippen molar-refractivity contribution >= 4 is 40.6 Å². The highest BCUT2D eigenvalue weighted by Gasteiger charge is 2.18. The lowest BCUT2D eigenvalue weighted by Crippen LogP contribution is -2.29. The van der Waals surface area contributed by atoms with Crippen LogP contribution in [0.15, 0.2) is 23.3 Å². The van der Waals surface area contributed by atoms with Crippen LogP contribution in [0.4, 0.5) is 0 Å². The number of thiocarbonyl (C=S) groups is 1. The molecule has 0 aliphatic carbocycles. The summed E-state index contributed by atoms with van der Waals surface area (Å²) in [6, 6.07) is 0. The average molecular weight is 315 g/mol. The van der Waals surface area contributed by atoms with E-state index >= 15 is 0 Å². The molecule has 7 heteroatoms. The molecule has 1 amide bonds. The molecule has 0 fully saturated rings. The van der Waals surface area contributed by atoms with E-state index in [-0.39, 0.29) is 18.4 Å². The molecule has 0 spiro atoms. The second kappa shape index (κ2) is 8.76. The summed E-state index contributed by atoms with van der Waals surface area (Å²) in [6.45, 7) is 0.393. The highest BCUT2D eigenvalue weighted by Crippen LogP contribution is 2.21. The number of ether oxygens (including phenoxy) is 1. The van der Waals surface area contributed by atoms with E-state index in [4.69, 9.17) is 22.1 Å². The summed E-state index contributed by atoms with van der Waals surface area (Å²) in [5.41, 5.74) is 0. The first-order valence-corrected chi connectivity index (χ1v) is 7.49. The van der Waals surface area contributed by atoms with Gasteiger partial charge in [0.25, 0.3) is 5.91 Å². The third-order valence-electron chi connectivity index (χ3n) is 2.67. The molecule has 1 aliphatic heterocycles. The molecular formula is C13H17NO4S2. The normalized spacial score (nSPS) is 17.6. The van der Waals surface area contributed by atoms with Gasteiger partial charge in [-0.05, 0) is 18.6 Å². The SMILES string of the molecule is CN(CCCC(=O)O)C(=O)/C(=C\C1CC=CO1)SC=S. The van der Waals surface area contributed by atoms with Crippen molar-refractivity contribution in [2.24, 2.45) is 0 Å². The van der Waals surface area contributed by atoms with Gasteiger partial charge in [-0.1, -0.05) is 24.0 Å². The minimum Gasteiger partial charge on any atom is -0.494 e. The van der Waals surface area contributed by atoms with Gasteiger partial charge in [-0.15, -0.1) is 0 Å². The van der Waals surface area contributed by atoms with E-state index in [0.29, 0.717) is 17.9 Å². The fraction of sp³-hybridized carbons (Fsp3) is 0.462. The Labute approximate surface area is 127 Å². The van der Waals surface area contributed by atoms with E-state index in [2.05, 4.69) is 0 Å². The van der Waals surface area contributed by atoms with Gasteiger partial charge >= 0.3 is 5.97 Å². The number of carboxylic acids is 1. The number of carbonyl (C=O) groups excluding carboxylic acids is 1. The molecule has 0 aromatic carbocycles. The van der Waals surface area contributed by atoms with Crippen LogP contribution in [0.1, 0.15) is 19.3 Å². The first-order valence-electron chi connectivity index (χ1n) is 6.14. The number of hydrogen-bond acceptors (Lipinski definition) is 5. The molecule has 0 saturated carbocycles. The Morgan fingerprint density at radius 3 is 2.90 bits per heavy atom. The number of aliphatic carboxylic acids is 1. The van der Waals surface area contributed by atoms with Gasteiger partial charge in [0.1, 0.15) is 6.10 Å². The minimum absolute atomic E-state index is 0.0482. The maximum Gasteiger partial charge on any atom is 0.303 e. The Morgan fingerprint density at radius 2 is 2.35 bits per heavy atom. The minimum atomic E-state index is -0.861. The number of thioether (sulfide) groups is 1. The largest absolute Gasteiger partial charge is 0.494 e. The zero-order chi connectivity index (χ0) is 15.0. The Hall–Kier alpha value is -1.34. The Kier molecular flexibility index (Phi) is 7.32. The first-order chi connectivity index (χ1) is 9.54. The fourth-order valence-electron chi connectivity index (χ4n) is 1.65. The van der Waals surface area contributed by atoms with Crippen LogP contribution in [0.5, 0.6) is 0 Å². The number of amides is 1. The molecule has 0 bridgehead atoms. The maximum absolute atomic E-state index is 12.2. The second-order valence-corrected chi connectivity index (χ2v) is 5.70. The standard InChI is InChI=1S/C13H17NO4S2/c1-14(6-2-5-12(15)16)13(17)11(20-9-19)8-10-4-3-7-18-10/h3,7-10H,2,4-6H2,1H3,(H,15,16)/b11-8+. The number of nitrogens with zero attached hydrogens (tertiary/aromatic N) is 1. The van der Waals surface area contributed by atoms with Crippen molar-refractivity contribution in [3.63, 3.8) is 0 Å². The molecule has 0 aromatic rings. The summed E-state index contributed by atoms with van der Waals surface area (Å²) in [7, 11) is 1.65. The van der Waals surface area contributed by atoms with Gasteiger partial charge < -0.3 is 14.7 Å². The van der Waals surface area contributed by atoms with E-state index in [1.807, 2.05) is 6.08 Å². The summed E-state index contributed by atoms with van der Waals surface area (Å²) < 4.78 is 6.73. The summed E-state index contributed by atoms with van der Waals surface area (Å²) in [5.74, 6) is -1.03. The predicted molar refractivity (Wildman–Crippen MR) is 82.5 cm³/mol. The van der Waals surface area contributed by atoms with Gasteiger partial charge in [-0.3, -0.25) is 9.59 Å². The lowest BCUT2D eigenvalue weighted by atomic mass is 10.2. The Morgan fingerprint density at radius 1 is 1.60 bits per heavy atom. The number of carboxylic acid groups (broad SMARTS) is 1. The lowest BCUT2D eigenvalue weighted by Gasteiger charge is -2.18. The number of rotatable bonds is 8. The molecule has 1 rings (SSSR count). The van der Waals surface area contributed by atoms with E-state index in [1.165, 1.54) is 21.4 Å². The van der Waals surface area contributed by atoms with Gasteiger partial charge in [0, 0.05) is 31.1 Å². The molecule has 0 aromatic heterocycles. The van der Waals surface area contributed by atoms with Crippen LogP contribution in [0.3, 0.4) is 0 Å². The summed E-state index contributed by atoms with van der Waals surface area (Å²) >= 11 is 5.96. The molecule has 1 N–H and O–H groups in total. The zero-order valence-corrected chi connectivity index (χ0v) is 12.8. The maximum atomic E-state index is 12.2. The third kappa shape index (κ3) is 5.75. The molecule has 1 unspecified atom stereocenters. The van der Waals surface area contributed by atoms with E-state index in [0.717, 1.165) is 6.42 Å². The van der Waals surface area contributed by atoms with Crippen molar-refractivity contribution in [2.75, 3.05) is 13.6 Å². The van der Waals surface area contributed by atoms with Gasteiger partial charge in [-0.2, -0.15) is 0 Å². The van der Waals surface area contributed by atoms with Crippen molar-refractivity contribution in [3.8, 4) is 0 Å². The Balaban J connectivity index is 2.58. The van der Waals surface area contributed by atoms with Crippen molar-refractivity contribution in [3.05, 3.63) is 23.3 Å². The summed E-state index contributed by atoms with van der Waals surface area (Å²) in [6.07, 6.45) is 6.33. The van der Waals surface area contributed by atoms with Crippen molar-refractivity contribution < 1.29 is 19.4 Å². The Bertz CT molecular complexity index is 426. The van der Waals surface area contributed by atoms with Gasteiger partial charge in [0.15, 0.2) is 0 Å². The van der Waals surface area contributed by atoms with E-state index in [9.17, 15) is 9.59 Å². The van der Waals surface area contributed by atoms with Gasteiger partial charge in [0.05, 0.1) is 11.2 Å². The van der Waals surface area contributed by atoms with Crippen LogP contribution < -0.4 is 0 Å². The van der Waals surface area contributed by atoms with Crippen molar-refractivity contribution in [1.82, 2.24) is 4.90 Å². The molecule has 1 heterocycles. The molecule has 0 saturated heterocycles. The van der Waals surface area contributed by atoms with Crippen LogP contribution >= 0.6 is 24.0 Å². The number of carbonyl (C=O) groups is 2. The van der Waals surface area contributed by atoms with Crippen molar-refractivity contribution in [2.45, 2.75) is 25.4 Å². The van der Waals surface area contributed by atoms with Gasteiger partial charge in [0.2, 0.25) is 0 Å². The number of hydrogen-bond donors (Lipinski definition) is 1. The molecule has 5 nitrogen and oxygen atoms in total. The second-order valence-electron chi connectivity index (χ2n) is 4.25. The van der Waals surface area contributed by atoms with Crippen LogP contribution in [-0.4, -0.2) is 46.3 Å². The summed E-state index contributed by atoms with van der Waals surface area (Å²) in [4.78, 5) is 24.7. The highest BCUT2D eigenvalue weighted by atomic mass is 32.2. The topological polar surface area (TPSA) is 66.8 Å². The van der Waals surface area contributed by atoms with Crippen molar-refractivity contribution in [1.29, 1.82) is 0 Å². The average Bonchev–Trinajstić information content (AvgIpc) is 2.89. The van der Waals surface area contributed by atoms with Crippen LogP contribution in [0, 0.1) is 0 Å². The third-order valence-corrected chi connectivity index (χ3v) is 3.62. The van der Waals surface area contributed by atoms with Crippen LogP contribution in [0.25, 0.3) is 0 Å². The lowest BCUT2D eigenvalue weighted by molar-refractivity contribution is -0.137. The molecule has 110 valence electrons. The molecule has 1 aliphatic rings. The van der Waals surface area contributed by atoms with Crippen LogP contribution in [0.2, 0.25) is 0 Å². The molecule has 0 radical (unpaired) electrons. The number of likely N-dealkylation sites (N-methyl/N-ethyl adjacent to an activating group) is 1. The highest BCUT2D eigenvalue weighted by molar-refractivity contribution is 8.23. The van der Waals surface area contributed by atoms with Gasteiger partial charge in [-0.25, -0.2) is 0 Å².